The molecule has 2 saturated heterocycles. The number of aromatic nitrogens is 1. The summed E-state index contributed by atoms with van der Waals surface area (Å²) < 4.78 is 11.7. The molecule has 3 atom stereocenters. The third-order valence-corrected chi connectivity index (χ3v) is 5.14. The highest BCUT2D eigenvalue weighted by molar-refractivity contribution is 7.09. The molecule has 2 aliphatic heterocycles. The van der Waals surface area contributed by atoms with Gasteiger partial charge in [-0.3, -0.25) is 4.90 Å². The van der Waals surface area contributed by atoms with Crippen LogP contribution in [0, 0.1) is 6.92 Å². The van der Waals surface area contributed by atoms with E-state index in [0.717, 1.165) is 30.9 Å². The molecule has 3 rings (SSSR count). The van der Waals surface area contributed by atoms with Crippen LogP contribution >= 0.6 is 11.3 Å². The van der Waals surface area contributed by atoms with Crippen LogP contribution in [0.1, 0.15) is 30.0 Å². The van der Waals surface area contributed by atoms with E-state index in [2.05, 4.69) is 28.8 Å². The molecule has 0 N–H and O–H groups in total. The summed E-state index contributed by atoms with van der Waals surface area (Å²) in [7, 11) is 0. The molecule has 0 unspecified atom stereocenters. The first-order valence-corrected chi connectivity index (χ1v) is 8.63. The summed E-state index contributed by atoms with van der Waals surface area (Å²) in [5, 5.41) is 3.33. The maximum Gasteiger partial charge on any atom is 0.0897 e. The molecule has 0 aromatic carbocycles. The molecule has 4 nitrogen and oxygen atoms in total. The standard InChI is InChI=1S/C16H24N2O2S/c1-3-8-19-10-14-4-5-15-16(20-14)6-7-18(15)9-13-11-21-12(2)17-13/h3,11,14-16H,1,4-10H2,2H3/t14-,15+,16+/m1/s1. The fraction of sp³-hybridized carbons (Fsp3) is 0.688. The van der Waals surface area contributed by atoms with Crippen LogP contribution in [0.15, 0.2) is 18.0 Å². The Balaban J connectivity index is 1.51. The predicted octanol–water partition coefficient (Wildman–Crippen LogP) is 2.78. The quantitative estimate of drug-likeness (QED) is 0.598. The minimum atomic E-state index is 0.257. The first-order chi connectivity index (χ1) is 10.3. The highest BCUT2D eigenvalue weighted by Crippen LogP contribution is 2.32. The van der Waals surface area contributed by atoms with Crippen LogP contribution in [0.2, 0.25) is 0 Å². The van der Waals surface area contributed by atoms with E-state index in [4.69, 9.17) is 9.47 Å². The summed E-state index contributed by atoms with van der Waals surface area (Å²) in [5.74, 6) is 0. The van der Waals surface area contributed by atoms with Crippen LogP contribution in [0.5, 0.6) is 0 Å². The zero-order chi connectivity index (χ0) is 14.7. The Morgan fingerprint density at radius 1 is 1.52 bits per heavy atom. The minimum absolute atomic E-state index is 0.257. The number of nitrogens with zero attached hydrogens (tertiary/aromatic N) is 2. The van der Waals surface area contributed by atoms with Gasteiger partial charge in [0.25, 0.3) is 0 Å². The summed E-state index contributed by atoms with van der Waals surface area (Å²) in [5.41, 5.74) is 1.20. The lowest BCUT2D eigenvalue weighted by Gasteiger charge is -2.35. The normalized spacial score (nSPS) is 29.5. The van der Waals surface area contributed by atoms with Crippen LogP contribution in [-0.2, 0) is 16.0 Å². The Bertz CT molecular complexity index is 477. The number of hydrogen-bond donors (Lipinski definition) is 0. The van der Waals surface area contributed by atoms with Crippen LogP contribution in [-0.4, -0.2) is 47.9 Å². The van der Waals surface area contributed by atoms with Crippen LogP contribution < -0.4 is 0 Å². The van der Waals surface area contributed by atoms with Crippen molar-refractivity contribution in [2.45, 2.75) is 51.0 Å². The van der Waals surface area contributed by atoms with Crippen molar-refractivity contribution >= 4 is 11.3 Å². The van der Waals surface area contributed by atoms with Gasteiger partial charge in [0.1, 0.15) is 0 Å². The smallest absolute Gasteiger partial charge is 0.0897 e. The Kier molecular flexibility index (Phi) is 5.06. The maximum absolute atomic E-state index is 6.21. The molecule has 0 bridgehead atoms. The molecule has 5 heteroatoms. The molecule has 0 spiro atoms. The van der Waals surface area contributed by atoms with Gasteiger partial charge in [0, 0.05) is 24.5 Å². The lowest BCUT2D eigenvalue weighted by molar-refractivity contribution is -0.0972. The van der Waals surface area contributed by atoms with E-state index >= 15 is 0 Å². The summed E-state index contributed by atoms with van der Waals surface area (Å²) in [4.78, 5) is 7.12. The number of hydrogen-bond acceptors (Lipinski definition) is 5. The zero-order valence-electron chi connectivity index (χ0n) is 12.7. The van der Waals surface area contributed by atoms with Crippen LogP contribution in [0.25, 0.3) is 0 Å². The van der Waals surface area contributed by atoms with Gasteiger partial charge < -0.3 is 9.47 Å². The van der Waals surface area contributed by atoms with Gasteiger partial charge in [-0.25, -0.2) is 4.98 Å². The molecule has 3 heterocycles. The average molecular weight is 308 g/mol. The molecule has 0 radical (unpaired) electrons. The Morgan fingerprint density at radius 3 is 3.19 bits per heavy atom. The van der Waals surface area contributed by atoms with E-state index in [-0.39, 0.29) is 6.10 Å². The minimum Gasteiger partial charge on any atom is -0.375 e. The third-order valence-electron chi connectivity index (χ3n) is 4.32. The Morgan fingerprint density at radius 2 is 2.43 bits per heavy atom. The van der Waals surface area contributed by atoms with E-state index in [1.165, 1.54) is 12.1 Å². The summed E-state index contributed by atoms with van der Waals surface area (Å²) >= 11 is 1.74. The van der Waals surface area contributed by atoms with Crippen LogP contribution in [0.4, 0.5) is 0 Å². The molecule has 0 amide bonds. The van der Waals surface area contributed by atoms with Gasteiger partial charge >= 0.3 is 0 Å². The maximum atomic E-state index is 6.21. The number of likely N-dealkylation sites (tertiary alicyclic amines) is 1. The fourth-order valence-corrected chi connectivity index (χ4v) is 3.98. The van der Waals surface area contributed by atoms with Crippen molar-refractivity contribution in [1.29, 1.82) is 0 Å². The van der Waals surface area contributed by atoms with Gasteiger partial charge in [0.15, 0.2) is 0 Å². The SMILES string of the molecule is C=CCOC[C@H]1CC[C@H]2[C@H](CCN2Cc2csc(C)n2)O1. The summed E-state index contributed by atoms with van der Waals surface area (Å²) in [6, 6.07) is 0.558. The van der Waals surface area contributed by atoms with Gasteiger partial charge in [-0.2, -0.15) is 0 Å². The zero-order valence-corrected chi connectivity index (χ0v) is 13.5. The number of rotatable bonds is 6. The molecule has 2 fully saturated rings. The average Bonchev–Trinajstić information content (AvgIpc) is 3.06. The Hall–Kier alpha value is -0.750. The third kappa shape index (κ3) is 3.72. The molecular weight excluding hydrogens is 284 g/mol. The number of aryl methyl sites for hydroxylation is 1. The van der Waals surface area contributed by atoms with Crippen molar-refractivity contribution in [2.24, 2.45) is 0 Å². The highest BCUT2D eigenvalue weighted by Gasteiger charge is 2.39. The summed E-state index contributed by atoms with van der Waals surface area (Å²) in [6.45, 7) is 9.13. The van der Waals surface area contributed by atoms with E-state index in [1.54, 1.807) is 17.4 Å². The van der Waals surface area contributed by atoms with Crippen molar-refractivity contribution in [3.8, 4) is 0 Å². The molecule has 21 heavy (non-hydrogen) atoms. The second-order valence-corrected chi connectivity index (χ2v) is 6.95. The van der Waals surface area contributed by atoms with Gasteiger partial charge in [-0.15, -0.1) is 17.9 Å². The van der Waals surface area contributed by atoms with E-state index < -0.39 is 0 Å². The highest BCUT2D eigenvalue weighted by atomic mass is 32.1. The lowest BCUT2D eigenvalue weighted by atomic mass is 9.99. The largest absolute Gasteiger partial charge is 0.375 e. The van der Waals surface area contributed by atoms with Crippen molar-refractivity contribution in [3.63, 3.8) is 0 Å². The second-order valence-electron chi connectivity index (χ2n) is 5.88. The molecular formula is C16H24N2O2S. The molecule has 0 saturated carbocycles. The second kappa shape index (κ2) is 7.01. The number of fused-ring (bicyclic) bond motifs is 1. The van der Waals surface area contributed by atoms with Crippen LogP contribution in [0.3, 0.4) is 0 Å². The molecule has 1 aromatic rings. The van der Waals surface area contributed by atoms with Gasteiger partial charge in [0.05, 0.1) is 36.1 Å². The first-order valence-electron chi connectivity index (χ1n) is 7.75. The number of thiazole rings is 1. The Labute approximate surface area is 130 Å². The first kappa shape index (κ1) is 15.2. The fourth-order valence-electron chi connectivity index (χ4n) is 3.38. The molecule has 0 aliphatic carbocycles. The van der Waals surface area contributed by atoms with Gasteiger partial charge in [0.2, 0.25) is 0 Å². The van der Waals surface area contributed by atoms with Gasteiger partial charge in [-0.1, -0.05) is 6.08 Å². The number of ether oxygens (including phenoxy) is 2. The molecule has 2 aliphatic rings. The van der Waals surface area contributed by atoms with Crippen molar-refractivity contribution in [2.75, 3.05) is 19.8 Å². The van der Waals surface area contributed by atoms with Crippen molar-refractivity contribution in [3.05, 3.63) is 28.7 Å². The van der Waals surface area contributed by atoms with Crippen molar-refractivity contribution in [1.82, 2.24) is 9.88 Å². The lowest BCUT2D eigenvalue weighted by Crippen LogP contribution is -2.43. The van der Waals surface area contributed by atoms with E-state index in [9.17, 15) is 0 Å². The van der Waals surface area contributed by atoms with E-state index in [0.29, 0.717) is 25.4 Å². The predicted molar refractivity (Wildman–Crippen MR) is 84.6 cm³/mol. The van der Waals surface area contributed by atoms with Gasteiger partial charge in [-0.05, 0) is 26.2 Å². The summed E-state index contributed by atoms with van der Waals surface area (Å²) in [6.07, 6.45) is 5.84. The molecule has 116 valence electrons. The van der Waals surface area contributed by atoms with Crippen molar-refractivity contribution < 1.29 is 9.47 Å². The molecule has 1 aromatic heterocycles. The topological polar surface area (TPSA) is 34.6 Å². The monoisotopic (exact) mass is 308 g/mol. The van der Waals surface area contributed by atoms with E-state index in [1.807, 2.05) is 0 Å².